The van der Waals surface area contributed by atoms with Gasteiger partial charge in [0.1, 0.15) is 16.5 Å². The lowest BCUT2D eigenvalue weighted by molar-refractivity contribution is -0.126. The number of hydrogen-bond acceptors (Lipinski definition) is 7. The molecule has 2 aromatic rings. The number of rotatable bonds is 6. The van der Waals surface area contributed by atoms with Gasteiger partial charge in [0.2, 0.25) is 10.0 Å². The first-order chi connectivity index (χ1) is 16.9. The van der Waals surface area contributed by atoms with Gasteiger partial charge in [-0.15, -0.1) is 11.3 Å². The van der Waals surface area contributed by atoms with Crippen molar-refractivity contribution in [3.8, 4) is 0 Å². The lowest BCUT2D eigenvalue weighted by Crippen LogP contribution is -2.39. The standard InChI is InChI=1S/C24H34F3N5O2S2/c1-16-28-21(20-11-19(12-24(25,26)27)35-22(20)29-16)32-10-8-23(15-32)7-9-31(14-23)13-17-3-5-18(6-4-17)30-36(2,33)34/h11,17-18,30H,3-10,12-15H2,1-2H3/t17-,18-,23?. The van der Waals surface area contributed by atoms with Gasteiger partial charge >= 0.3 is 6.18 Å². The van der Waals surface area contributed by atoms with Gasteiger partial charge in [0.15, 0.2) is 0 Å². The van der Waals surface area contributed by atoms with Crippen molar-refractivity contribution < 1.29 is 21.6 Å². The van der Waals surface area contributed by atoms with E-state index in [0.717, 1.165) is 93.8 Å². The molecule has 5 rings (SSSR count). The molecular weight excluding hydrogens is 511 g/mol. The number of nitrogens with one attached hydrogen (secondary N) is 1. The Bertz CT molecular complexity index is 1210. The second-order valence-corrected chi connectivity index (χ2v) is 14.0. The highest BCUT2D eigenvalue weighted by Gasteiger charge is 2.44. The molecule has 0 amide bonds. The molecule has 1 N–H and O–H groups in total. The van der Waals surface area contributed by atoms with Crippen LogP contribution in [0.15, 0.2) is 6.07 Å². The molecule has 1 unspecified atom stereocenters. The largest absolute Gasteiger partial charge is 0.393 e. The monoisotopic (exact) mass is 545 g/mol. The van der Waals surface area contributed by atoms with E-state index in [1.807, 2.05) is 0 Å². The maximum Gasteiger partial charge on any atom is 0.393 e. The first kappa shape index (κ1) is 26.1. The Morgan fingerprint density at radius 1 is 1.14 bits per heavy atom. The molecule has 1 atom stereocenters. The number of sulfonamides is 1. The highest BCUT2D eigenvalue weighted by Crippen LogP contribution is 2.43. The van der Waals surface area contributed by atoms with Crippen molar-refractivity contribution in [2.75, 3.05) is 43.9 Å². The minimum atomic E-state index is -4.24. The summed E-state index contributed by atoms with van der Waals surface area (Å²) in [6.07, 6.45) is 2.09. The third-order valence-corrected chi connectivity index (χ3v) is 9.70. The van der Waals surface area contributed by atoms with Crippen molar-refractivity contribution in [3.63, 3.8) is 0 Å². The highest BCUT2D eigenvalue weighted by molar-refractivity contribution is 7.88. The van der Waals surface area contributed by atoms with E-state index in [9.17, 15) is 21.6 Å². The molecule has 4 heterocycles. The number of anilines is 1. The molecule has 1 spiro atoms. The van der Waals surface area contributed by atoms with Crippen molar-refractivity contribution in [2.45, 2.75) is 64.1 Å². The van der Waals surface area contributed by atoms with E-state index < -0.39 is 22.6 Å². The van der Waals surface area contributed by atoms with Crippen LogP contribution < -0.4 is 9.62 Å². The average molecular weight is 546 g/mol. The number of aromatic nitrogens is 2. The van der Waals surface area contributed by atoms with Crippen LogP contribution >= 0.6 is 11.3 Å². The van der Waals surface area contributed by atoms with Gasteiger partial charge < -0.3 is 9.80 Å². The first-order valence-corrected chi connectivity index (χ1v) is 15.4. The Kier molecular flexibility index (Phi) is 7.01. The number of nitrogens with zero attached hydrogens (tertiary/aromatic N) is 4. The van der Waals surface area contributed by atoms with Crippen LogP contribution in [0.2, 0.25) is 0 Å². The van der Waals surface area contributed by atoms with Crippen molar-refractivity contribution in [1.29, 1.82) is 0 Å². The molecule has 200 valence electrons. The minimum absolute atomic E-state index is 0.0615. The van der Waals surface area contributed by atoms with E-state index in [0.29, 0.717) is 16.6 Å². The summed E-state index contributed by atoms with van der Waals surface area (Å²) in [4.78, 5) is 14.8. The molecule has 1 saturated carbocycles. The van der Waals surface area contributed by atoms with Gasteiger partial charge in [-0.3, -0.25) is 0 Å². The first-order valence-electron chi connectivity index (χ1n) is 12.6. The van der Waals surface area contributed by atoms with Crippen molar-refractivity contribution >= 4 is 37.4 Å². The van der Waals surface area contributed by atoms with Gasteiger partial charge in [0, 0.05) is 42.5 Å². The lowest BCUT2D eigenvalue weighted by Gasteiger charge is -2.32. The molecule has 0 bridgehead atoms. The van der Waals surface area contributed by atoms with Crippen LogP contribution in [-0.4, -0.2) is 74.5 Å². The maximum absolute atomic E-state index is 13.0. The number of thiophene rings is 1. The fraction of sp³-hybridized carbons (Fsp3) is 0.750. The zero-order valence-electron chi connectivity index (χ0n) is 20.8. The predicted octanol–water partition coefficient (Wildman–Crippen LogP) is 4.11. The van der Waals surface area contributed by atoms with Crippen LogP contribution in [0.4, 0.5) is 19.0 Å². The van der Waals surface area contributed by atoms with Gasteiger partial charge in [-0.1, -0.05) is 0 Å². The normalized spacial score (nSPS) is 28.1. The Morgan fingerprint density at radius 2 is 1.86 bits per heavy atom. The van der Waals surface area contributed by atoms with Crippen LogP contribution in [0.1, 0.15) is 49.2 Å². The topological polar surface area (TPSA) is 78.4 Å². The number of likely N-dealkylation sites (tertiary alicyclic amines) is 1. The molecule has 3 aliphatic rings. The minimum Gasteiger partial charge on any atom is -0.355 e. The van der Waals surface area contributed by atoms with Crippen LogP contribution in [0.25, 0.3) is 10.2 Å². The summed E-state index contributed by atoms with van der Waals surface area (Å²) in [6.45, 7) is 6.66. The van der Waals surface area contributed by atoms with Crippen LogP contribution in [0.5, 0.6) is 0 Å². The summed E-state index contributed by atoms with van der Waals surface area (Å²) >= 11 is 1.11. The van der Waals surface area contributed by atoms with E-state index in [-0.39, 0.29) is 16.3 Å². The van der Waals surface area contributed by atoms with Gasteiger partial charge in [-0.2, -0.15) is 13.2 Å². The summed E-state index contributed by atoms with van der Waals surface area (Å²) in [5, 5.41) is 0.733. The summed E-state index contributed by atoms with van der Waals surface area (Å²) in [6, 6.07) is 1.69. The smallest absolute Gasteiger partial charge is 0.355 e. The molecule has 2 aliphatic heterocycles. The lowest BCUT2D eigenvalue weighted by atomic mass is 9.85. The molecule has 2 aromatic heterocycles. The zero-order chi connectivity index (χ0) is 25.7. The summed E-state index contributed by atoms with van der Waals surface area (Å²) < 4.78 is 64.7. The predicted molar refractivity (Wildman–Crippen MR) is 136 cm³/mol. The molecule has 1 aliphatic carbocycles. The average Bonchev–Trinajstić information content (AvgIpc) is 3.45. The maximum atomic E-state index is 13.0. The molecule has 36 heavy (non-hydrogen) atoms. The number of fused-ring (bicyclic) bond motifs is 1. The summed E-state index contributed by atoms with van der Waals surface area (Å²) in [5.41, 5.74) is 0.186. The quantitative estimate of drug-likeness (QED) is 0.589. The Labute approximate surface area is 214 Å². The van der Waals surface area contributed by atoms with E-state index in [1.54, 1.807) is 13.0 Å². The fourth-order valence-electron chi connectivity index (χ4n) is 6.35. The second-order valence-electron chi connectivity index (χ2n) is 11.1. The highest BCUT2D eigenvalue weighted by atomic mass is 32.2. The van der Waals surface area contributed by atoms with Gasteiger partial charge in [-0.05, 0) is 64.0 Å². The van der Waals surface area contributed by atoms with Crippen LogP contribution in [-0.2, 0) is 16.4 Å². The number of aryl methyl sites for hydroxylation is 1. The molecular formula is C24H34F3N5O2S2. The molecule has 2 saturated heterocycles. The molecule has 3 fully saturated rings. The van der Waals surface area contributed by atoms with Gasteiger partial charge in [-0.25, -0.2) is 23.1 Å². The molecule has 0 radical (unpaired) electrons. The third kappa shape index (κ3) is 6.14. The van der Waals surface area contributed by atoms with E-state index in [4.69, 9.17) is 0 Å². The van der Waals surface area contributed by atoms with Crippen LogP contribution in [0.3, 0.4) is 0 Å². The van der Waals surface area contributed by atoms with E-state index in [2.05, 4.69) is 24.5 Å². The van der Waals surface area contributed by atoms with Gasteiger partial charge in [0.05, 0.1) is 18.1 Å². The third-order valence-electron chi connectivity index (χ3n) is 7.91. The molecule has 12 heteroatoms. The number of halogens is 3. The van der Waals surface area contributed by atoms with Crippen molar-refractivity contribution in [3.05, 3.63) is 16.8 Å². The number of alkyl halides is 3. The Morgan fingerprint density at radius 3 is 2.56 bits per heavy atom. The Hall–Kier alpha value is -1.50. The van der Waals surface area contributed by atoms with Crippen LogP contribution in [0, 0.1) is 18.3 Å². The van der Waals surface area contributed by atoms with Gasteiger partial charge in [0.25, 0.3) is 0 Å². The molecule has 7 nitrogen and oxygen atoms in total. The summed E-state index contributed by atoms with van der Waals surface area (Å²) in [5.74, 6) is 1.96. The SMILES string of the molecule is Cc1nc(N2CCC3(CCN(C[C@H]4CC[C@H](NS(C)(=O)=O)CC4)C3)C2)c2cc(CC(F)(F)F)sc2n1. The summed E-state index contributed by atoms with van der Waals surface area (Å²) in [7, 11) is -3.15. The Balaban J connectivity index is 1.21. The van der Waals surface area contributed by atoms with E-state index >= 15 is 0 Å². The second kappa shape index (κ2) is 9.67. The fourth-order valence-corrected chi connectivity index (χ4v) is 8.29. The number of hydrogen-bond donors (Lipinski definition) is 1. The van der Waals surface area contributed by atoms with E-state index in [1.165, 1.54) is 6.26 Å². The van der Waals surface area contributed by atoms with Crippen molar-refractivity contribution in [1.82, 2.24) is 19.6 Å². The zero-order valence-corrected chi connectivity index (χ0v) is 22.4. The van der Waals surface area contributed by atoms with Crippen molar-refractivity contribution in [2.24, 2.45) is 11.3 Å². The molecule has 0 aromatic carbocycles.